The smallest absolute Gasteiger partial charge is 0.431 e. The fourth-order valence-corrected chi connectivity index (χ4v) is 7.23. The molecule has 15 heteroatoms. The monoisotopic (exact) mass is 766 g/mol. The second-order valence-electron chi connectivity index (χ2n) is 14.5. The summed E-state index contributed by atoms with van der Waals surface area (Å²) in [6.45, 7) is 10.1. The third-order valence-corrected chi connectivity index (χ3v) is 9.36. The van der Waals surface area contributed by atoms with E-state index in [1.54, 1.807) is 36.9 Å². The molecule has 288 valence electrons. The van der Waals surface area contributed by atoms with Crippen LogP contribution in [0.15, 0.2) is 41.2 Å². The van der Waals surface area contributed by atoms with Gasteiger partial charge in [-0.2, -0.15) is 13.2 Å². The van der Waals surface area contributed by atoms with Gasteiger partial charge in [0.2, 0.25) is 5.91 Å². The summed E-state index contributed by atoms with van der Waals surface area (Å²) in [4.78, 5) is 54.4. The predicted octanol–water partition coefficient (Wildman–Crippen LogP) is 7.16. The van der Waals surface area contributed by atoms with Gasteiger partial charge >= 0.3 is 12.1 Å². The molecule has 0 radical (unpaired) electrons. The van der Waals surface area contributed by atoms with Gasteiger partial charge in [-0.1, -0.05) is 25.4 Å². The molecule has 0 saturated carbocycles. The number of amides is 2. The first-order chi connectivity index (χ1) is 24.6. The highest BCUT2D eigenvalue weighted by atomic mass is 35.5. The Hall–Kier alpha value is -4.30. The van der Waals surface area contributed by atoms with Crippen molar-refractivity contribution in [2.45, 2.75) is 91.3 Å². The van der Waals surface area contributed by atoms with Crippen LogP contribution in [0.5, 0.6) is 0 Å². The van der Waals surface area contributed by atoms with Crippen LogP contribution < -0.4 is 16.2 Å². The lowest BCUT2D eigenvalue weighted by molar-refractivity contribution is -0.144. The number of aromatic nitrogens is 1. The number of rotatable bonds is 14. The van der Waals surface area contributed by atoms with Gasteiger partial charge in [-0.25, -0.2) is 8.78 Å². The van der Waals surface area contributed by atoms with Gasteiger partial charge in [0.15, 0.2) is 0 Å². The van der Waals surface area contributed by atoms with Crippen LogP contribution in [0.4, 0.5) is 22.0 Å². The first-order valence-corrected chi connectivity index (χ1v) is 17.6. The molecule has 53 heavy (non-hydrogen) atoms. The van der Waals surface area contributed by atoms with Gasteiger partial charge in [0.1, 0.15) is 28.8 Å². The SMILES string of the molecule is Cc1cc(-c2c(C)cc(Cl)cc2C)cc([C@H](CC(=O)O)NC(=O)[C@H](CC(C)C)NC(=O)c2ccc(C(F)(F)F)n(CCCN3CC(C)(F)C3)c2=O)c1F. The van der Waals surface area contributed by atoms with Crippen molar-refractivity contribution in [1.82, 2.24) is 20.1 Å². The number of benzene rings is 2. The number of nitrogens with one attached hydrogen (secondary N) is 2. The molecule has 3 aromatic rings. The molecule has 1 fully saturated rings. The van der Waals surface area contributed by atoms with Crippen molar-refractivity contribution in [3.05, 3.63) is 91.1 Å². The van der Waals surface area contributed by atoms with Gasteiger partial charge < -0.3 is 20.3 Å². The van der Waals surface area contributed by atoms with Gasteiger partial charge in [-0.05, 0) is 111 Å². The highest BCUT2D eigenvalue weighted by Crippen LogP contribution is 2.35. The van der Waals surface area contributed by atoms with Crippen molar-refractivity contribution in [1.29, 1.82) is 0 Å². The number of hydrogen-bond donors (Lipinski definition) is 3. The minimum Gasteiger partial charge on any atom is -0.481 e. The molecule has 9 nitrogen and oxygen atoms in total. The fourth-order valence-electron chi connectivity index (χ4n) is 6.90. The van der Waals surface area contributed by atoms with Gasteiger partial charge in [0.05, 0.1) is 12.5 Å². The number of carbonyl (C=O) groups is 3. The number of likely N-dealkylation sites (tertiary alicyclic amines) is 1. The zero-order valence-corrected chi connectivity index (χ0v) is 31.1. The fraction of sp³-hybridized carbons (Fsp3) is 0.474. The van der Waals surface area contributed by atoms with E-state index in [0.29, 0.717) is 21.2 Å². The second kappa shape index (κ2) is 16.4. The van der Waals surface area contributed by atoms with Crippen molar-refractivity contribution >= 4 is 29.4 Å². The summed E-state index contributed by atoms with van der Waals surface area (Å²) in [6.07, 6.45) is -5.59. The van der Waals surface area contributed by atoms with E-state index < -0.39 is 77.3 Å². The maximum Gasteiger partial charge on any atom is 0.431 e. The van der Waals surface area contributed by atoms with E-state index in [9.17, 15) is 41.8 Å². The van der Waals surface area contributed by atoms with Crippen LogP contribution in [-0.4, -0.2) is 63.7 Å². The number of carboxylic acid groups (broad SMARTS) is 1. The van der Waals surface area contributed by atoms with Crippen LogP contribution in [-0.2, 0) is 22.3 Å². The van der Waals surface area contributed by atoms with Crippen LogP contribution in [0.3, 0.4) is 0 Å². The first kappa shape index (κ1) is 41.5. The average molecular weight is 767 g/mol. The predicted molar refractivity (Wildman–Crippen MR) is 191 cm³/mol. The molecule has 1 aromatic heterocycles. The number of carbonyl (C=O) groups excluding carboxylic acids is 2. The normalized spacial score (nSPS) is 15.5. The van der Waals surface area contributed by atoms with Crippen molar-refractivity contribution in [2.75, 3.05) is 19.6 Å². The van der Waals surface area contributed by atoms with E-state index in [1.165, 1.54) is 19.9 Å². The summed E-state index contributed by atoms with van der Waals surface area (Å²) in [6, 6.07) is 5.09. The van der Waals surface area contributed by atoms with Crippen LogP contribution in [0.1, 0.15) is 84.4 Å². The Labute approximate surface area is 309 Å². The number of aryl methyl sites for hydroxylation is 3. The molecule has 2 heterocycles. The average Bonchev–Trinajstić information content (AvgIpc) is 3.00. The molecule has 2 atom stereocenters. The molecule has 0 unspecified atom stereocenters. The Morgan fingerprint density at radius 2 is 1.60 bits per heavy atom. The van der Waals surface area contributed by atoms with Crippen LogP contribution in [0.2, 0.25) is 5.02 Å². The summed E-state index contributed by atoms with van der Waals surface area (Å²) < 4.78 is 71.9. The third-order valence-electron chi connectivity index (χ3n) is 9.14. The zero-order valence-electron chi connectivity index (χ0n) is 30.4. The number of halogens is 6. The van der Waals surface area contributed by atoms with Crippen molar-refractivity contribution in [2.24, 2.45) is 5.92 Å². The molecule has 2 amide bonds. The molecule has 2 aromatic carbocycles. The quantitative estimate of drug-likeness (QED) is 0.150. The lowest BCUT2D eigenvalue weighted by Crippen LogP contribution is -2.57. The van der Waals surface area contributed by atoms with E-state index in [1.807, 2.05) is 13.8 Å². The molecule has 0 aliphatic carbocycles. The minimum atomic E-state index is -4.92. The molecule has 4 rings (SSSR count). The van der Waals surface area contributed by atoms with E-state index in [4.69, 9.17) is 11.6 Å². The number of pyridine rings is 1. The van der Waals surface area contributed by atoms with Crippen molar-refractivity contribution < 1.29 is 41.4 Å². The third kappa shape index (κ3) is 10.2. The largest absolute Gasteiger partial charge is 0.481 e. The van der Waals surface area contributed by atoms with E-state index in [0.717, 1.165) is 22.8 Å². The van der Waals surface area contributed by atoms with E-state index >= 15 is 4.39 Å². The molecule has 1 saturated heterocycles. The summed E-state index contributed by atoms with van der Waals surface area (Å²) in [5.41, 5.74) is -1.58. The highest BCUT2D eigenvalue weighted by molar-refractivity contribution is 6.30. The molecule has 0 bridgehead atoms. The summed E-state index contributed by atoms with van der Waals surface area (Å²) in [5.74, 6) is -4.34. The van der Waals surface area contributed by atoms with Gasteiger partial charge in [0, 0.05) is 36.8 Å². The molecule has 1 aliphatic heterocycles. The maximum atomic E-state index is 15.8. The highest BCUT2D eigenvalue weighted by Gasteiger charge is 2.39. The first-order valence-electron chi connectivity index (χ1n) is 17.2. The molecule has 0 spiro atoms. The van der Waals surface area contributed by atoms with Gasteiger partial charge in [-0.3, -0.25) is 24.1 Å². The van der Waals surface area contributed by atoms with Crippen LogP contribution in [0.25, 0.3) is 11.1 Å². The number of carboxylic acids is 1. The number of alkyl halides is 4. The van der Waals surface area contributed by atoms with Crippen molar-refractivity contribution in [3.8, 4) is 11.1 Å². The Bertz CT molecular complexity index is 1910. The van der Waals surface area contributed by atoms with Crippen LogP contribution >= 0.6 is 11.6 Å². The Kier molecular flexibility index (Phi) is 12.8. The maximum absolute atomic E-state index is 15.8. The van der Waals surface area contributed by atoms with E-state index in [2.05, 4.69) is 10.6 Å². The molecular weight excluding hydrogens is 723 g/mol. The van der Waals surface area contributed by atoms with Gasteiger partial charge in [-0.15, -0.1) is 0 Å². The topological polar surface area (TPSA) is 121 Å². The number of nitrogens with zero attached hydrogens (tertiary/aromatic N) is 2. The number of hydrogen-bond acceptors (Lipinski definition) is 5. The lowest BCUT2D eigenvalue weighted by atomic mass is 9.90. The van der Waals surface area contributed by atoms with Gasteiger partial charge in [0.25, 0.3) is 11.5 Å². The standard InChI is InChI=1S/C38H44ClF5N4O5/c1-20(2)12-29(46-34(51)26-8-9-30(38(42,43)44)48(36(26)53)11-7-10-47-18-37(6,41)19-47)35(52)45-28(17-31(49)50)27-16-24(13-23(5)33(27)40)32-21(3)14-25(39)15-22(32)4/h8-9,13-16,20,28-29H,7,10-12,17-19H2,1-6H3,(H,45,52)(H,46,51)(H,49,50)/t28-,29-/m0/s1. The lowest BCUT2D eigenvalue weighted by Gasteiger charge is -2.42. The minimum absolute atomic E-state index is 0.0137. The Morgan fingerprint density at radius 1 is 0.981 bits per heavy atom. The molecular formula is C38H44ClF5N4O5. The van der Waals surface area contributed by atoms with E-state index in [-0.39, 0.29) is 49.5 Å². The summed E-state index contributed by atoms with van der Waals surface area (Å²) >= 11 is 6.21. The number of aliphatic carboxylic acids is 1. The molecule has 1 aliphatic rings. The Morgan fingerprint density at radius 3 is 2.15 bits per heavy atom. The van der Waals surface area contributed by atoms with Crippen LogP contribution in [0, 0.1) is 32.5 Å². The zero-order chi connectivity index (χ0) is 39.6. The second-order valence-corrected chi connectivity index (χ2v) is 14.9. The summed E-state index contributed by atoms with van der Waals surface area (Å²) in [7, 11) is 0. The summed E-state index contributed by atoms with van der Waals surface area (Å²) in [5, 5.41) is 15.3. The van der Waals surface area contributed by atoms with Crippen molar-refractivity contribution in [3.63, 3.8) is 0 Å². The Balaban J connectivity index is 1.64. The molecule has 3 N–H and O–H groups in total.